The van der Waals surface area contributed by atoms with E-state index < -0.39 is 5.92 Å². The largest absolute Gasteiger partial charge is 0.359 e. The molecule has 0 spiro atoms. The first-order valence-corrected chi connectivity index (χ1v) is 11.2. The third-order valence-electron chi connectivity index (χ3n) is 5.86. The standard InChI is InChI=1S/C23H28N4O2S/c1-23(2,3)16(22(29)24-4)11-18(28)20-17-12-25-9-10-27(17)21(26-20)15-13-30-19-8-6-5-7-14(15)19/h5-8,13,16,25H,9-12H2,1-4H3,(H,24,29)/t16-/m1/s1. The molecule has 3 aromatic rings. The summed E-state index contributed by atoms with van der Waals surface area (Å²) in [5.41, 5.74) is 2.16. The Bertz CT molecular complexity index is 1110. The zero-order valence-electron chi connectivity index (χ0n) is 17.9. The van der Waals surface area contributed by atoms with E-state index in [1.807, 2.05) is 32.9 Å². The summed E-state index contributed by atoms with van der Waals surface area (Å²) in [5.74, 6) is 0.261. The molecule has 1 aliphatic rings. The first kappa shape index (κ1) is 20.8. The van der Waals surface area contributed by atoms with Crippen molar-refractivity contribution in [1.82, 2.24) is 20.2 Å². The summed E-state index contributed by atoms with van der Waals surface area (Å²) in [5, 5.41) is 9.35. The number of carbonyl (C=O) groups excluding carboxylic acids is 2. The number of nitrogens with zero attached hydrogens (tertiary/aromatic N) is 2. The van der Waals surface area contributed by atoms with E-state index in [9.17, 15) is 9.59 Å². The fraction of sp³-hybridized carbons (Fsp3) is 0.435. The molecule has 6 nitrogen and oxygen atoms in total. The van der Waals surface area contributed by atoms with Crippen molar-refractivity contribution in [2.24, 2.45) is 11.3 Å². The molecule has 4 rings (SSSR count). The molecule has 158 valence electrons. The fourth-order valence-corrected chi connectivity index (χ4v) is 5.07. The van der Waals surface area contributed by atoms with E-state index in [0.717, 1.165) is 35.6 Å². The number of rotatable bonds is 5. The summed E-state index contributed by atoms with van der Waals surface area (Å²) in [6, 6.07) is 8.28. The molecule has 0 fully saturated rings. The highest BCUT2D eigenvalue weighted by molar-refractivity contribution is 7.17. The van der Waals surface area contributed by atoms with Gasteiger partial charge in [0, 0.05) is 54.1 Å². The van der Waals surface area contributed by atoms with Gasteiger partial charge in [0.05, 0.1) is 11.6 Å². The lowest BCUT2D eigenvalue weighted by Gasteiger charge is -2.28. The van der Waals surface area contributed by atoms with Crippen LogP contribution in [-0.2, 0) is 17.9 Å². The minimum atomic E-state index is -0.408. The predicted molar refractivity (Wildman–Crippen MR) is 121 cm³/mol. The van der Waals surface area contributed by atoms with Crippen molar-refractivity contribution in [3.63, 3.8) is 0 Å². The van der Waals surface area contributed by atoms with Gasteiger partial charge in [-0.1, -0.05) is 39.0 Å². The van der Waals surface area contributed by atoms with Crippen molar-refractivity contribution in [2.45, 2.75) is 40.3 Å². The van der Waals surface area contributed by atoms with Gasteiger partial charge in [0.15, 0.2) is 5.78 Å². The number of fused-ring (bicyclic) bond motifs is 2. The second kappa shape index (κ2) is 7.96. The Kier molecular flexibility index (Phi) is 5.51. The molecule has 30 heavy (non-hydrogen) atoms. The molecular weight excluding hydrogens is 396 g/mol. The van der Waals surface area contributed by atoms with Crippen molar-refractivity contribution in [3.05, 3.63) is 41.0 Å². The molecule has 1 aromatic carbocycles. The maximum absolute atomic E-state index is 13.4. The number of nitrogens with one attached hydrogen (secondary N) is 2. The molecule has 2 N–H and O–H groups in total. The Hall–Kier alpha value is -2.51. The summed E-state index contributed by atoms with van der Waals surface area (Å²) >= 11 is 1.69. The van der Waals surface area contributed by atoms with Crippen molar-refractivity contribution < 1.29 is 9.59 Å². The number of benzene rings is 1. The number of aromatic nitrogens is 2. The van der Waals surface area contributed by atoms with Crippen LogP contribution in [-0.4, -0.2) is 34.8 Å². The highest BCUT2D eigenvalue weighted by atomic mass is 32.1. The van der Waals surface area contributed by atoms with Gasteiger partial charge in [-0.2, -0.15) is 0 Å². The highest BCUT2D eigenvalue weighted by Crippen LogP contribution is 2.36. The van der Waals surface area contributed by atoms with Gasteiger partial charge in [-0.05, 0) is 11.5 Å². The third kappa shape index (κ3) is 3.68. The number of thiophene rings is 1. The van der Waals surface area contributed by atoms with Crippen LogP contribution >= 0.6 is 11.3 Å². The molecule has 0 radical (unpaired) electrons. The van der Waals surface area contributed by atoms with Gasteiger partial charge in [0.1, 0.15) is 11.5 Å². The molecule has 0 bridgehead atoms. The summed E-state index contributed by atoms with van der Waals surface area (Å²) in [7, 11) is 1.62. The molecule has 0 unspecified atom stereocenters. The monoisotopic (exact) mass is 424 g/mol. The zero-order valence-corrected chi connectivity index (χ0v) is 18.7. The van der Waals surface area contributed by atoms with Gasteiger partial charge < -0.3 is 15.2 Å². The molecule has 0 saturated carbocycles. The molecular formula is C23H28N4O2S. The molecule has 3 heterocycles. The third-order valence-corrected chi connectivity index (χ3v) is 6.82. The van der Waals surface area contributed by atoms with Crippen LogP contribution in [0.25, 0.3) is 21.5 Å². The molecule has 1 amide bonds. The Morgan fingerprint density at radius 1 is 1.30 bits per heavy atom. The Balaban J connectivity index is 1.76. The van der Waals surface area contributed by atoms with Crippen molar-refractivity contribution in [2.75, 3.05) is 13.6 Å². The van der Waals surface area contributed by atoms with Gasteiger partial charge >= 0.3 is 0 Å². The summed E-state index contributed by atoms with van der Waals surface area (Å²) in [6.07, 6.45) is 0.150. The number of hydrogen-bond donors (Lipinski definition) is 2. The van der Waals surface area contributed by atoms with Crippen LogP contribution in [0.4, 0.5) is 0 Å². The number of imidazole rings is 1. The van der Waals surface area contributed by atoms with Crippen LogP contribution < -0.4 is 10.6 Å². The number of carbonyl (C=O) groups is 2. The SMILES string of the molecule is CNC(=O)[C@@H](CC(=O)c1nc(-c2csc3ccccc23)n2c1CNCC2)C(C)(C)C. The number of Topliss-reactive ketones (excluding diaryl/α,β-unsaturated/α-hetero) is 1. The van der Waals surface area contributed by atoms with E-state index in [-0.39, 0.29) is 23.5 Å². The average Bonchev–Trinajstić information content (AvgIpc) is 3.32. The van der Waals surface area contributed by atoms with Crippen LogP contribution in [0.5, 0.6) is 0 Å². The topological polar surface area (TPSA) is 76.0 Å². The Labute approximate surface area is 180 Å². The normalized spacial score (nSPS) is 15.1. The highest BCUT2D eigenvalue weighted by Gasteiger charge is 2.35. The zero-order chi connectivity index (χ0) is 21.5. The van der Waals surface area contributed by atoms with Crippen LogP contribution in [0.3, 0.4) is 0 Å². The maximum atomic E-state index is 13.4. The van der Waals surface area contributed by atoms with Gasteiger partial charge in [-0.25, -0.2) is 4.98 Å². The Morgan fingerprint density at radius 3 is 2.80 bits per heavy atom. The molecule has 1 aliphatic heterocycles. The lowest BCUT2D eigenvalue weighted by molar-refractivity contribution is -0.127. The van der Waals surface area contributed by atoms with E-state index in [1.54, 1.807) is 18.4 Å². The summed E-state index contributed by atoms with van der Waals surface area (Å²) in [4.78, 5) is 30.7. The van der Waals surface area contributed by atoms with Gasteiger partial charge in [-0.3, -0.25) is 9.59 Å². The molecule has 2 aromatic heterocycles. The van der Waals surface area contributed by atoms with E-state index in [0.29, 0.717) is 12.2 Å². The number of amides is 1. The average molecular weight is 425 g/mol. The van der Waals surface area contributed by atoms with Gasteiger partial charge in [-0.15, -0.1) is 11.3 Å². The van der Waals surface area contributed by atoms with Crippen molar-refractivity contribution >= 4 is 33.1 Å². The van der Waals surface area contributed by atoms with Crippen LogP contribution in [0.2, 0.25) is 0 Å². The van der Waals surface area contributed by atoms with E-state index in [2.05, 4.69) is 32.7 Å². The minimum absolute atomic E-state index is 0.0724. The first-order chi connectivity index (χ1) is 14.3. The molecule has 1 atom stereocenters. The minimum Gasteiger partial charge on any atom is -0.359 e. The van der Waals surface area contributed by atoms with E-state index in [1.165, 1.54) is 4.70 Å². The lowest BCUT2D eigenvalue weighted by atomic mass is 9.77. The van der Waals surface area contributed by atoms with E-state index in [4.69, 9.17) is 4.98 Å². The van der Waals surface area contributed by atoms with Crippen LogP contribution in [0.1, 0.15) is 43.4 Å². The van der Waals surface area contributed by atoms with Gasteiger partial charge in [0.25, 0.3) is 0 Å². The van der Waals surface area contributed by atoms with Crippen molar-refractivity contribution in [3.8, 4) is 11.4 Å². The number of hydrogen-bond acceptors (Lipinski definition) is 5. The smallest absolute Gasteiger partial charge is 0.223 e. The van der Waals surface area contributed by atoms with Crippen molar-refractivity contribution in [1.29, 1.82) is 0 Å². The lowest BCUT2D eigenvalue weighted by Crippen LogP contribution is -2.38. The fourth-order valence-electron chi connectivity index (χ4n) is 4.13. The predicted octanol–water partition coefficient (Wildman–Crippen LogP) is 3.85. The first-order valence-electron chi connectivity index (χ1n) is 10.3. The Morgan fingerprint density at radius 2 is 2.07 bits per heavy atom. The second-order valence-electron chi connectivity index (χ2n) is 8.86. The molecule has 0 saturated heterocycles. The quantitative estimate of drug-likeness (QED) is 0.610. The molecule has 0 aliphatic carbocycles. The molecule has 7 heteroatoms. The van der Waals surface area contributed by atoms with Crippen LogP contribution in [0, 0.1) is 11.3 Å². The van der Waals surface area contributed by atoms with Gasteiger partial charge in [0.2, 0.25) is 5.91 Å². The summed E-state index contributed by atoms with van der Waals surface area (Å²) in [6.45, 7) is 8.20. The second-order valence-corrected chi connectivity index (χ2v) is 9.78. The number of ketones is 1. The summed E-state index contributed by atoms with van der Waals surface area (Å²) < 4.78 is 3.38. The van der Waals surface area contributed by atoms with E-state index >= 15 is 0 Å². The van der Waals surface area contributed by atoms with Crippen LogP contribution in [0.15, 0.2) is 29.6 Å². The maximum Gasteiger partial charge on any atom is 0.223 e.